The molecule has 0 bridgehead atoms. The van der Waals surface area contributed by atoms with Crippen molar-refractivity contribution in [1.29, 1.82) is 0 Å². The summed E-state index contributed by atoms with van der Waals surface area (Å²) in [6, 6.07) is 13.7. The molecule has 3 aromatic rings. The molecular weight excluding hydrogens is 477 g/mol. The molecule has 0 radical (unpaired) electrons. The van der Waals surface area contributed by atoms with E-state index in [1.807, 2.05) is 0 Å². The van der Waals surface area contributed by atoms with Crippen LogP contribution in [-0.2, 0) is 9.59 Å². The molecular formula is C26H21ClFNO6. The molecule has 0 aliphatic carbocycles. The number of amides is 1. The van der Waals surface area contributed by atoms with Gasteiger partial charge in [-0.15, -0.1) is 0 Å². The number of nitrogens with zero attached hydrogens (tertiary/aromatic N) is 1. The summed E-state index contributed by atoms with van der Waals surface area (Å²) in [5.74, 6) is -1.97. The van der Waals surface area contributed by atoms with Crippen molar-refractivity contribution in [2.24, 2.45) is 0 Å². The predicted octanol–water partition coefficient (Wildman–Crippen LogP) is 5.13. The fourth-order valence-electron chi connectivity index (χ4n) is 4.08. The standard InChI is InChI=1S/C26H21ClFNO6/c1-33-19-7-5-4-6-16(19)23-22(24(30)17-12-18(27)21(35-3)13-20(17)34-2)25(31)26(32)29(23)15-10-8-14(28)9-11-15/h4-13,23,30H,1-3H3/b24-22+. The molecule has 9 heteroatoms. The van der Waals surface area contributed by atoms with E-state index < -0.39 is 29.3 Å². The summed E-state index contributed by atoms with van der Waals surface area (Å²) < 4.78 is 29.7. The number of halogens is 2. The van der Waals surface area contributed by atoms with Crippen molar-refractivity contribution in [2.75, 3.05) is 26.2 Å². The zero-order chi connectivity index (χ0) is 25.3. The van der Waals surface area contributed by atoms with Gasteiger partial charge in [0.05, 0.1) is 43.5 Å². The van der Waals surface area contributed by atoms with Crippen LogP contribution in [0.4, 0.5) is 10.1 Å². The number of carbonyl (C=O) groups excluding carboxylic acids is 2. The van der Waals surface area contributed by atoms with Crippen LogP contribution >= 0.6 is 11.6 Å². The van der Waals surface area contributed by atoms with Gasteiger partial charge in [0, 0.05) is 17.3 Å². The molecule has 4 rings (SSSR count). The molecule has 1 N–H and O–H groups in total. The molecule has 35 heavy (non-hydrogen) atoms. The lowest BCUT2D eigenvalue weighted by atomic mass is 9.94. The van der Waals surface area contributed by atoms with Gasteiger partial charge in [-0.2, -0.15) is 0 Å². The topological polar surface area (TPSA) is 85.3 Å². The van der Waals surface area contributed by atoms with Gasteiger partial charge in [-0.1, -0.05) is 29.8 Å². The number of ketones is 1. The van der Waals surface area contributed by atoms with Crippen LogP contribution in [0, 0.1) is 5.82 Å². The largest absolute Gasteiger partial charge is 0.507 e. The minimum absolute atomic E-state index is 0.0929. The van der Waals surface area contributed by atoms with Gasteiger partial charge in [-0.05, 0) is 36.4 Å². The average Bonchev–Trinajstić information content (AvgIpc) is 3.14. The molecule has 0 aromatic heterocycles. The minimum Gasteiger partial charge on any atom is -0.507 e. The first-order valence-corrected chi connectivity index (χ1v) is 10.8. The molecule has 7 nitrogen and oxygen atoms in total. The van der Waals surface area contributed by atoms with Crippen LogP contribution in [0.3, 0.4) is 0 Å². The van der Waals surface area contributed by atoms with E-state index in [2.05, 4.69) is 0 Å². The van der Waals surface area contributed by atoms with Crippen molar-refractivity contribution >= 4 is 34.7 Å². The van der Waals surface area contributed by atoms with Crippen LogP contribution in [0.5, 0.6) is 17.2 Å². The molecule has 0 spiro atoms. The first-order valence-electron chi connectivity index (χ1n) is 10.4. The lowest BCUT2D eigenvalue weighted by molar-refractivity contribution is -0.132. The number of methoxy groups -OCH3 is 3. The number of para-hydroxylation sites is 1. The Kier molecular flexibility index (Phi) is 6.66. The summed E-state index contributed by atoms with van der Waals surface area (Å²) in [7, 11) is 4.26. The molecule has 1 heterocycles. The van der Waals surface area contributed by atoms with Gasteiger partial charge in [-0.3, -0.25) is 14.5 Å². The zero-order valence-corrected chi connectivity index (χ0v) is 19.8. The molecule has 1 saturated heterocycles. The third kappa shape index (κ3) is 4.17. The Bertz CT molecular complexity index is 1340. The second-order valence-electron chi connectivity index (χ2n) is 7.57. The van der Waals surface area contributed by atoms with Gasteiger partial charge >= 0.3 is 0 Å². The maximum Gasteiger partial charge on any atom is 0.300 e. The Labute approximate surface area is 205 Å². The monoisotopic (exact) mass is 497 g/mol. The number of anilines is 1. The highest BCUT2D eigenvalue weighted by molar-refractivity contribution is 6.51. The summed E-state index contributed by atoms with van der Waals surface area (Å²) in [5.41, 5.74) is 0.598. The van der Waals surface area contributed by atoms with E-state index in [-0.39, 0.29) is 27.6 Å². The number of hydrogen-bond donors (Lipinski definition) is 1. The first kappa shape index (κ1) is 24.1. The van der Waals surface area contributed by atoms with Gasteiger partial charge in [-0.25, -0.2) is 4.39 Å². The lowest BCUT2D eigenvalue weighted by Gasteiger charge is -2.26. The first-order chi connectivity index (χ1) is 16.8. The van der Waals surface area contributed by atoms with Crippen molar-refractivity contribution in [3.05, 3.63) is 88.2 Å². The highest BCUT2D eigenvalue weighted by Crippen LogP contribution is 2.46. The van der Waals surface area contributed by atoms with Crippen LogP contribution in [0.1, 0.15) is 17.2 Å². The maximum absolute atomic E-state index is 13.6. The zero-order valence-electron chi connectivity index (χ0n) is 19.0. The summed E-state index contributed by atoms with van der Waals surface area (Å²) in [4.78, 5) is 27.8. The third-order valence-corrected chi connectivity index (χ3v) is 6.01. The lowest BCUT2D eigenvalue weighted by Crippen LogP contribution is -2.29. The SMILES string of the molecule is COc1cc(OC)c(/C(O)=C2\C(=O)C(=O)N(c3ccc(F)cc3)C2c2ccccc2OC)cc1Cl. The predicted molar refractivity (Wildman–Crippen MR) is 129 cm³/mol. The number of rotatable bonds is 6. The third-order valence-electron chi connectivity index (χ3n) is 5.71. The van der Waals surface area contributed by atoms with Gasteiger partial charge < -0.3 is 19.3 Å². The smallest absolute Gasteiger partial charge is 0.300 e. The van der Waals surface area contributed by atoms with Crippen molar-refractivity contribution in [3.8, 4) is 17.2 Å². The minimum atomic E-state index is -1.08. The molecule has 1 amide bonds. The molecule has 1 aliphatic rings. The quantitative estimate of drug-likeness (QED) is 0.289. The Morgan fingerprint density at radius 2 is 1.54 bits per heavy atom. The Hall–Kier alpha value is -4.04. The van der Waals surface area contributed by atoms with E-state index in [1.165, 1.54) is 62.6 Å². The normalized spacial score (nSPS) is 16.9. The maximum atomic E-state index is 13.6. The number of ether oxygens (including phenoxy) is 3. The van der Waals surface area contributed by atoms with Crippen molar-refractivity contribution < 1.29 is 33.3 Å². The van der Waals surface area contributed by atoms with Gasteiger partial charge in [0.15, 0.2) is 0 Å². The second kappa shape index (κ2) is 9.68. The second-order valence-corrected chi connectivity index (χ2v) is 7.98. The van der Waals surface area contributed by atoms with Crippen LogP contribution in [0.25, 0.3) is 5.76 Å². The van der Waals surface area contributed by atoms with Crippen LogP contribution < -0.4 is 19.1 Å². The molecule has 0 saturated carbocycles. The average molecular weight is 498 g/mol. The van der Waals surface area contributed by atoms with E-state index in [4.69, 9.17) is 25.8 Å². The number of aliphatic hydroxyl groups is 1. The van der Waals surface area contributed by atoms with E-state index >= 15 is 0 Å². The van der Waals surface area contributed by atoms with Crippen LogP contribution in [0.2, 0.25) is 5.02 Å². The molecule has 180 valence electrons. The van der Waals surface area contributed by atoms with Crippen LogP contribution in [-0.4, -0.2) is 38.1 Å². The van der Waals surface area contributed by atoms with E-state index in [0.717, 1.165) is 0 Å². The Balaban J connectivity index is 2.02. The van der Waals surface area contributed by atoms with Gasteiger partial charge in [0.1, 0.15) is 28.8 Å². The number of Topliss-reactive ketones (excluding diaryl/α,β-unsaturated/α-hetero) is 1. The van der Waals surface area contributed by atoms with Crippen LogP contribution in [0.15, 0.2) is 66.2 Å². The fraction of sp³-hybridized carbons (Fsp3) is 0.154. The molecule has 1 fully saturated rings. The van der Waals surface area contributed by atoms with Crippen molar-refractivity contribution in [3.63, 3.8) is 0 Å². The number of benzene rings is 3. The molecule has 1 atom stereocenters. The summed E-state index contributed by atoms with van der Waals surface area (Å²) in [6.45, 7) is 0. The number of hydrogen-bond acceptors (Lipinski definition) is 6. The highest BCUT2D eigenvalue weighted by atomic mass is 35.5. The number of carbonyl (C=O) groups is 2. The molecule has 1 aliphatic heterocycles. The van der Waals surface area contributed by atoms with Crippen molar-refractivity contribution in [1.82, 2.24) is 0 Å². The van der Waals surface area contributed by atoms with Gasteiger partial charge in [0.2, 0.25) is 0 Å². The number of aliphatic hydroxyl groups excluding tert-OH is 1. The summed E-state index contributed by atoms with van der Waals surface area (Å²) >= 11 is 6.28. The highest BCUT2D eigenvalue weighted by Gasteiger charge is 2.48. The van der Waals surface area contributed by atoms with E-state index in [1.54, 1.807) is 24.3 Å². The Morgan fingerprint density at radius 3 is 2.17 bits per heavy atom. The molecule has 3 aromatic carbocycles. The Morgan fingerprint density at radius 1 is 0.914 bits per heavy atom. The summed E-state index contributed by atoms with van der Waals surface area (Å²) in [5, 5.41) is 11.6. The fourth-order valence-corrected chi connectivity index (χ4v) is 4.32. The van der Waals surface area contributed by atoms with E-state index in [9.17, 15) is 19.1 Å². The van der Waals surface area contributed by atoms with Gasteiger partial charge in [0.25, 0.3) is 11.7 Å². The molecule has 1 unspecified atom stereocenters. The van der Waals surface area contributed by atoms with E-state index in [0.29, 0.717) is 17.1 Å². The van der Waals surface area contributed by atoms with Crippen molar-refractivity contribution in [2.45, 2.75) is 6.04 Å². The summed E-state index contributed by atoms with van der Waals surface area (Å²) in [6.07, 6.45) is 0.